The molecule has 0 spiro atoms. The fourth-order valence-corrected chi connectivity index (χ4v) is 3.78. The number of aryl methyl sites for hydroxylation is 1. The van der Waals surface area contributed by atoms with Gasteiger partial charge in [0.05, 0.1) is 22.9 Å². The van der Waals surface area contributed by atoms with E-state index >= 15 is 0 Å². The van der Waals surface area contributed by atoms with Gasteiger partial charge in [0.15, 0.2) is 4.80 Å². The van der Waals surface area contributed by atoms with Crippen LogP contribution in [0.25, 0.3) is 10.2 Å². The van der Waals surface area contributed by atoms with Crippen molar-refractivity contribution in [3.63, 3.8) is 0 Å². The van der Waals surface area contributed by atoms with Crippen LogP contribution < -0.4 is 9.54 Å². The van der Waals surface area contributed by atoms with E-state index in [1.807, 2.05) is 28.8 Å². The van der Waals surface area contributed by atoms with E-state index < -0.39 is 0 Å². The molecule has 3 rings (SSSR count). The van der Waals surface area contributed by atoms with E-state index in [0.717, 1.165) is 15.8 Å². The van der Waals surface area contributed by atoms with Gasteiger partial charge in [0.2, 0.25) is 0 Å². The number of allylic oxidation sites excluding steroid dienone is 1. The van der Waals surface area contributed by atoms with E-state index in [0.29, 0.717) is 22.7 Å². The Kier molecular flexibility index (Phi) is 4.62. The summed E-state index contributed by atoms with van der Waals surface area (Å²) < 4.78 is 8.38. The molecule has 0 N–H and O–H groups in total. The van der Waals surface area contributed by atoms with Gasteiger partial charge in [-0.05, 0) is 30.7 Å². The van der Waals surface area contributed by atoms with Gasteiger partial charge in [-0.3, -0.25) is 4.79 Å². The van der Waals surface area contributed by atoms with Crippen LogP contribution in [0, 0.1) is 6.92 Å². The van der Waals surface area contributed by atoms with Gasteiger partial charge in [-0.15, -0.1) is 6.58 Å². The van der Waals surface area contributed by atoms with Crippen LogP contribution in [0.4, 0.5) is 0 Å². The minimum atomic E-state index is -0.311. The Balaban J connectivity index is 2.19. The predicted octanol–water partition coefficient (Wildman–Crippen LogP) is 3.95. The van der Waals surface area contributed by atoms with Crippen molar-refractivity contribution in [1.29, 1.82) is 0 Å². The SMILES string of the molecule is C=CCn1c(=NC(=O)c2ccccc2OC)sc2cccc(C)c21. The maximum Gasteiger partial charge on any atom is 0.283 e. The topological polar surface area (TPSA) is 43.6 Å². The molecule has 0 fully saturated rings. The number of ether oxygens (including phenoxy) is 1. The Hall–Kier alpha value is -2.66. The average Bonchev–Trinajstić information content (AvgIpc) is 2.94. The van der Waals surface area contributed by atoms with Gasteiger partial charge in [-0.2, -0.15) is 4.99 Å². The number of hydrogen-bond donors (Lipinski definition) is 0. The molecule has 122 valence electrons. The third kappa shape index (κ3) is 2.90. The Morgan fingerprint density at radius 3 is 2.83 bits per heavy atom. The van der Waals surface area contributed by atoms with E-state index in [-0.39, 0.29) is 5.91 Å². The minimum absolute atomic E-state index is 0.311. The molecule has 5 heteroatoms. The highest BCUT2D eigenvalue weighted by Gasteiger charge is 2.13. The van der Waals surface area contributed by atoms with Crippen molar-refractivity contribution in [2.45, 2.75) is 13.5 Å². The molecular formula is C19H18N2O2S. The van der Waals surface area contributed by atoms with E-state index in [1.54, 1.807) is 25.3 Å². The smallest absolute Gasteiger partial charge is 0.283 e. The first-order valence-corrected chi connectivity index (χ1v) is 8.39. The first-order chi connectivity index (χ1) is 11.7. The quantitative estimate of drug-likeness (QED) is 0.676. The number of nitrogens with zero attached hydrogens (tertiary/aromatic N) is 2. The van der Waals surface area contributed by atoms with Crippen molar-refractivity contribution in [2.75, 3.05) is 7.11 Å². The van der Waals surface area contributed by atoms with E-state index in [9.17, 15) is 4.79 Å². The molecule has 0 bridgehead atoms. The third-order valence-corrected chi connectivity index (χ3v) is 4.79. The first-order valence-electron chi connectivity index (χ1n) is 7.57. The Bertz CT molecular complexity index is 982. The summed E-state index contributed by atoms with van der Waals surface area (Å²) >= 11 is 1.50. The first kappa shape index (κ1) is 16.2. The number of fused-ring (bicyclic) bond motifs is 1. The summed E-state index contributed by atoms with van der Waals surface area (Å²) in [6.07, 6.45) is 1.81. The molecule has 0 aliphatic rings. The number of benzene rings is 2. The van der Waals surface area contributed by atoms with Gasteiger partial charge in [0, 0.05) is 6.54 Å². The number of carbonyl (C=O) groups is 1. The second-order valence-electron chi connectivity index (χ2n) is 5.32. The standard InChI is InChI=1S/C19H18N2O2S/c1-4-12-21-17-13(2)8-7-11-16(17)24-19(21)20-18(22)14-9-5-6-10-15(14)23-3/h4-11H,1,12H2,2-3H3. The number of methoxy groups -OCH3 is 1. The lowest BCUT2D eigenvalue weighted by Gasteiger charge is -2.05. The summed E-state index contributed by atoms with van der Waals surface area (Å²) in [5.74, 6) is 0.216. The van der Waals surface area contributed by atoms with Gasteiger partial charge in [-0.25, -0.2) is 0 Å². The number of para-hydroxylation sites is 2. The lowest BCUT2D eigenvalue weighted by atomic mass is 10.2. The number of hydrogen-bond acceptors (Lipinski definition) is 3. The summed E-state index contributed by atoms with van der Waals surface area (Å²) in [6, 6.07) is 13.2. The molecule has 0 unspecified atom stereocenters. The molecule has 1 amide bonds. The van der Waals surface area contributed by atoms with Crippen molar-refractivity contribution in [3.05, 3.63) is 71.0 Å². The fraction of sp³-hybridized carbons (Fsp3) is 0.158. The van der Waals surface area contributed by atoms with Crippen molar-refractivity contribution in [1.82, 2.24) is 4.57 Å². The normalized spacial score (nSPS) is 11.7. The van der Waals surface area contributed by atoms with E-state index in [1.165, 1.54) is 11.3 Å². The molecule has 0 atom stereocenters. The number of amides is 1. The zero-order valence-electron chi connectivity index (χ0n) is 13.7. The predicted molar refractivity (Wildman–Crippen MR) is 97.6 cm³/mol. The van der Waals surface area contributed by atoms with Gasteiger partial charge >= 0.3 is 0 Å². The summed E-state index contributed by atoms with van der Waals surface area (Å²) in [5, 5.41) is 0. The highest BCUT2D eigenvalue weighted by Crippen LogP contribution is 2.22. The van der Waals surface area contributed by atoms with Crippen molar-refractivity contribution >= 4 is 27.5 Å². The summed E-state index contributed by atoms with van der Waals surface area (Å²) in [5.41, 5.74) is 2.70. The molecule has 24 heavy (non-hydrogen) atoms. The molecule has 0 saturated carbocycles. The second-order valence-corrected chi connectivity index (χ2v) is 6.33. The van der Waals surface area contributed by atoms with Gasteiger partial charge < -0.3 is 9.30 Å². The van der Waals surface area contributed by atoms with Crippen LogP contribution >= 0.6 is 11.3 Å². The molecule has 0 radical (unpaired) electrons. The number of aromatic nitrogens is 1. The zero-order chi connectivity index (χ0) is 17.1. The van der Waals surface area contributed by atoms with E-state index in [4.69, 9.17) is 4.74 Å². The average molecular weight is 338 g/mol. The van der Waals surface area contributed by atoms with Crippen LogP contribution in [0.1, 0.15) is 15.9 Å². The van der Waals surface area contributed by atoms with E-state index in [2.05, 4.69) is 24.6 Å². The second kappa shape index (κ2) is 6.84. The number of carbonyl (C=O) groups excluding carboxylic acids is 1. The Morgan fingerprint density at radius 1 is 1.29 bits per heavy atom. The third-order valence-electron chi connectivity index (χ3n) is 3.75. The molecule has 1 aromatic heterocycles. The van der Waals surface area contributed by atoms with Crippen molar-refractivity contribution < 1.29 is 9.53 Å². The maximum atomic E-state index is 12.6. The number of rotatable bonds is 4. The van der Waals surface area contributed by atoms with Crippen molar-refractivity contribution in [2.24, 2.45) is 4.99 Å². The molecule has 0 aliphatic heterocycles. The maximum absolute atomic E-state index is 12.6. The Labute approximate surface area is 144 Å². The fourth-order valence-electron chi connectivity index (χ4n) is 2.66. The lowest BCUT2D eigenvalue weighted by molar-refractivity contribution is 0.0995. The van der Waals surface area contributed by atoms with Crippen LogP contribution in [0.2, 0.25) is 0 Å². The van der Waals surface area contributed by atoms with Crippen LogP contribution in [0.15, 0.2) is 60.1 Å². The number of thiazole rings is 1. The molecule has 2 aromatic carbocycles. The molecule has 4 nitrogen and oxygen atoms in total. The monoisotopic (exact) mass is 338 g/mol. The van der Waals surface area contributed by atoms with Crippen LogP contribution in [0.3, 0.4) is 0 Å². The molecular weight excluding hydrogens is 320 g/mol. The Morgan fingerprint density at radius 2 is 2.08 bits per heavy atom. The molecule has 3 aromatic rings. The van der Waals surface area contributed by atoms with Crippen LogP contribution in [-0.4, -0.2) is 17.6 Å². The summed E-state index contributed by atoms with van der Waals surface area (Å²) in [4.78, 5) is 17.6. The van der Waals surface area contributed by atoms with Crippen LogP contribution in [-0.2, 0) is 6.54 Å². The molecule has 0 aliphatic carbocycles. The highest BCUT2D eigenvalue weighted by atomic mass is 32.1. The van der Waals surface area contributed by atoms with Gasteiger partial charge in [0.25, 0.3) is 5.91 Å². The highest BCUT2D eigenvalue weighted by molar-refractivity contribution is 7.16. The largest absolute Gasteiger partial charge is 0.496 e. The molecule has 1 heterocycles. The molecule has 0 saturated heterocycles. The van der Waals surface area contributed by atoms with Gasteiger partial charge in [-0.1, -0.05) is 41.7 Å². The summed E-state index contributed by atoms with van der Waals surface area (Å²) in [6.45, 7) is 6.47. The minimum Gasteiger partial charge on any atom is -0.496 e. The van der Waals surface area contributed by atoms with Crippen molar-refractivity contribution in [3.8, 4) is 5.75 Å². The van der Waals surface area contributed by atoms with Crippen LogP contribution in [0.5, 0.6) is 5.75 Å². The zero-order valence-corrected chi connectivity index (χ0v) is 14.5. The van der Waals surface area contributed by atoms with Gasteiger partial charge in [0.1, 0.15) is 5.75 Å². The summed E-state index contributed by atoms with van der Waals surface area (Å²) in [7, 11) is 1.55. The lowest BCUT2D eigenvalue weighted by Crippen LogP contribution is -2.17.